The van der Waals surface area contributed by atoms with Gasteiger partial charge in [0.05, 0.1) is 12.6 Å². The van der Waals surface area contributed by atoms with Gasteiger partial charge in [-0.1, -0.05) is 18.9 Å². The quantitative estimate of drug-likeness (QED) is 0.204. The molecular weight excluding hydrogens is 274 g/mol. The predicted molar refractivity (Wildman–Crippen MR) is 77.9 cm³/mol. The number of allylic oxidation sites excluding steroid dienone is 1. The molecule has 0 aliphatic carbocycles. The van der Waals surface area contributed by atoms with Crippen LogP contribution in [0.4, 0.5) is 0 Å². The van der Waals surface area contributed by atoms with E-state index in [4.69, 9.17) is 4.74 Å². The third-order valence-corrected chi connectivity index (χ3v) is 3.85. The summed E-state index contributed by atoms with van der Waals surface area (Å²) in [5.74, 6) is -1.29. The number of unbranched alkanes of at least 4 members (excludes halogenated alkanes) is 4. The number of ether oxygens (including phenoxy) is 1. The molecule has 0 amide bonds. The van der Waals surface area contributed by atoms with Crippen LogP contribution in [0.15, 0.2) is 12.7 Å². The van der Waals surface area contributed by atoms with Gasteiger partial charge in [-0.05, 0) is 26.2 Å². The van der Waals surface area contributed by atoms with E-state index in [1.54, 1.807) is 0 Å². The predicted octanol–water partition coefficient (Wildman–Crippen LogP) is -0.00570. The molecular formula is C15H29NO5. The lowest BCUT2D eigenvalue weighted by molar-refractivity contribution is -0.975. The molecule has 124 valence electrons. The first kappa shape index (κ1) is 20.1. The molecule has 0 rings (SSSR count). The maximum absolute atomic E-state index is 10.9. The molecule has 0 aromatic carbocycles. The zero-order chi connectivity index (χ0) is 16.1. The van der Waals surface area contributed by atoms with Crippen LogP contribution >= 0.6 is 0 Å². The van der Waals surface area contributed by atoms with Gasteiger partial charge in [0.1, 0.15) is 12.6 Å². The number of hydrogen-bond acceptors (Lipinski definition) is 5. The molecule has 0 aliphatic rings. The number of quaternary nitrogens is 1. The number of aliphatic carboxylic acids is 1. The van der Waals surface area contributed by atoms with Gasteiger partial charge >= 0.3 is 0 Å². The molecule has 0 radical (unpaired) electrons. The van der Waals surface area contributed by atoms with Gasteiger partial charge in [0.15, 0.2) is 13.5 Å². The van der Waals surface area contributed by atoms with Gasteiger partial charge in [0.25, 0.3) is 0 Å². The fourth-order valence-corrected chi connectivity index (χ4v) is 2.04. The third kappa shape index (κ3) is 7.57. The van der Waals surface area contributed by atoms with Gasteiger partial charge in [-0.3, -0.25) is 4.48 Å². The number of aliphatic hydroxyl groups is 2. The Balaban J connectivity index is 3.90. The normalized spacial score (nSPS) is 13.1. The van der Waals surface area contributed by atoms with E-state index in [1.165, 1.54) is 6.92 Å². The average Bonchev–Trinajstić information content (AvgIpc) is 2.49. The zero-order valence-electron chi connectivity index (χ0n) is 13.0. The minimum Gasteiger partial charge on any atom is -0.544 e. The minimum atomic E-state index is -1.29. The second-order valence-electron chi connectivity index (χ2n) is 5.32. The maximum Gasteiger partial charge on any atom is 0.182 e. The number of aliphatic hydroxyl groups excluding tert-OH is 2. The van der Waals surface area contributed by atoms with Crippen molar-refractivity contribution in [1.82, 2.24) is 0 Å². The summed E-state index contributed by atoms with van der Waals surface area (Å²) in [6.45, 7) is 5.30. The molecule has 0 heterocycles. The third-order valence-electron chi connectivity index (χ3n) is 3.85. The van der Waals surface area contributed by atoms with Crippen LogP contribution in [0.1, 0.15) is 39.0 Å². The number of carbonyl (C=O) groups is 1. The average molecular weight is 303 g/mol. The first-order valence-corrected chi connectivity index (χ1v) is 7.51. The molecule has 0 aromatic rings. The van der Waals surface area contributed by atoms with E-state index in [1.807, 2.05) is 6.08 Å². The Hall–Kier alpha value is -0.950. The Morgan fingerprint density at radius 2 is 1.86 bits per heavy atom. The van der Waals surface area contributed by atoms with E-state index in [0.717, 1.165) is 32.1 Å². The SMILES string of the molecule is C=CCCCCCCOCC[N+](CO)(CO)C(C)C(=O)[O-]. The van der Waals surface area contributed by atoms with Gasteiger partial charge in [0, 0.05) is 6.61 Å². The minimum absolute atomic E-state index is 0.235. The number of rotatable bonds is 14. The molecule has 0 aliphatic heterocycles. The molecule has 0 aromatic heterocycles. The zero-order valence-corrected chi connectivity index (χ0v) is 13.0. The number of nitrogens with zero attached hydrogens (tertiary/aromatic N) is 1. The maximum atomic E-state index is 10.9. The summed E-state index contributed by atoms with van der Waals surface area (Å²) >= 11 is 0. The monoisotopic (exact) mass is 303 g/mol. The number of hydrogen-bond donors (Lipinski definition) is 2. The molecule has 0 saturated heterocycles. The Labute approximate surface area is 127 Å². The van der Waals surface area contributed by atoms with E-state index in [9.17, 15) is 20.1 Å². The summed E-state index contributed by atoms with van der Waals surface area (Å²) in [6, 6.07) is -0.984. The lowest BCUT2D eigenvalue weighted by Crippen LogP contribution is -2.62. The molecule has 2 N–H and O–H groups in total. The lowest BCUT2D eigenvalue weighted by Gasteiger charge is -2.40. The van der Waals surface area contributed by atoms with Crippen LogP contribution in [0.25, 0.3) is 0 Å². The summed E-state index contributed by atoms with van der Waals surface area (Å²) < 4.78 is 5.10. The molecule has 6 heteroatoms. The van der Waals surface area contributed by atoms with Crippen molar-refractivity contribution in [2.75, 3.05) is 33.2 Å². The first-order valence-electron chi connectivity index (χ1n) is 7.51. The first-order chi connectivity index (χ1) is 10.0. The smallest absolute Gasteiger partial charge is 0.182 e. The summed E-state index contributed by atoms with van der Waals surface area (Å²) in [7, 11) is 0. The Bertz CT molecular complexity index is 292. The Morgan fingerprint density at radius 1 is 1.24 bits per heavy atom. The molecule has 0 spiro atoms. The van der Waals surface area contributed by atoms with Crippen LogP contribution in [0.5, 0.6) is 0 Å². The van der Waals surface area contributed by atoms with Gasteiger partial charge < -0.3 is 24.9 Å². The topological polar surface area (TPSA) is 89.8 Å². The standard InChI is InChI=1S/C15H29NO5/c1-3-4-5-6-7-8-10-21-11-9-16(12-17,13-18)14(2)15(19)20/h3,14,17-18H,1,4-13H2,2H3. The summed E-state index contributed by atoms with van der Waals surface area (Å²) in [5, 5.41) is 29.7. The van der Waals surface area contributed by atoms with Crippen LogP contribution in [-0.2, 0) is 9.53 Å². The molecule has 0 saturated carbocycles. The van der Waals surface area contributed by atoms with Gasteiger partial charge in [-0.15, -0.1) is 6.58 Å². The second-order valence-corrected chi connectivity index (χ2v) is 5.32. The van der Waals surface area contributed by atoms with Crippen molar-refractivity contribution in [3.8, 4) is 0 Å². The van der Waals surface area contributed by atoms with Crippen LogP contribution in [0.3, 0.4) is 0 Å². The van der Waals surface area contributed by atoms with Crippen molar-refractivity contribution in [1.29, 1.82) is 0 Å². The van der Waals surface area contributed by atoms with E-state index in [0.29, 0.717) is 13.2 Å². The van der Waals surface area contributed by atoms with Crippen molar-refractivity contribution >= 4 is 5.97 Å². The molecule has 1 atom stereocenters. The highest BCUT2D eigenvalue weighted by atomic mass is 16.5. The van der Waals surface area contributed by atoms with Crippen LogP contribution in [0.2, 0.25) is 0 Å². The summed E-state index contributed by atoms with van der Waals surface area (Å²) in [4.78, 5) is 10.9. The lowest BCUT2D eigenvalue weighted by atomic mass is 10.1. The highest BCUT2D eigenvalue weighted by molar-refractivity contribution is 5.69. The molecule has 0 bridgehead atoms. The van der Waals surface area contributed by atoms with Crippen LogP contribution < -0.4 is 5.11 Å². The Kier molecular flexibility index (Phi) is 11.2. The van der Waals surface area contributed by atoms with Crippen molar-refractivity contribution in [2.24, 2.45) is 0 Å². The number of carboxylic acids is 1. The van der Waals surface area contributed by atoms with E-state index < -0.39 is 25.5 Å². The summed E-state index contributed by atoms with van der Waals surface area (Å²) in [6.07, 6.45) is 7.27. The fourth-order valence-electron chi connectivity index (χ4n) is 2.04. The van der Waals surface area contributed by atoms with Crippen LogP contribution in [-0.4, -0.2) is 59.9 Å². The van der Waals surface area contributed by atoms with Gasteiger partial charge in [-0.25, -0.2) is 0 Å². The molecule has 0 fully saturated rings. The highest BCUT2D eigenvalue weighted by Gasteiger charge is 2.33. The molecule has 6 nitrogen and oxygen atoms in total. The van der Waals surface area contributed by atoms with Crippen molar-refractivity contribution in [2.45, 2.75) is 45.1 Å². The van der Waals surface area contributed by atoms with Gasteiger partial charge in [0.2, 0.25) is 0 Å². The summed E-state index contributed by atoms with van der Waals surface area (Å²) in [5.41, 5.74) is 0. The van der Waals surface area contributed by atoms with Crippen LogP contribution in [0, 0.1) is 0 Å². The molecule has 1 unspecified atom stereocenters. The largest absolute Gasteiger partial charge is 0.544 e. The Morgan fingerprint density at radius 3 is 2.38 bits per heavy atom. The van der Waals surface area contributed by atoms with Crippen molar-refractivity contribution in [3.05, 3.63) is 12.7 Å². The van der Waals surface area contributed by atoms with Crippen molar-refractivity contribution < 1.29 is 29.3 Å². The number of carbonyl (C=O) groups excluding carboxylic acids is 1. The molecule has 21 heavy (non-hydrogen) atoms. The number of carboxylic acid groups (broad SMARTS) is 1. The van der Waals surface area contributed by atoms with E-state index in [2.05, 4.69) is 6.58 Å². The second kappa shape index (κ2) is 11.7. The van der Waals surface area contributed by atoms with Crippen molar-refractivity contribution in [3.63, 3.8) is 0 Å². The fraction of sp³-hybridized carbons (Fsp3) is 0.800. The van der Waals surface area contributed by atoms with E-state index in [-0.39, 0.29) is 11.0 Å². The highest BCUT2D eigenvalue weighted by Crippen LogP contribution is 2.11. The van der Waals surface area contributed by atoms with E-state index >= 15 is 0 Å². The van der Waals surface area contributed by atoms with Gasteiger partial charge in [-0.2, -0.15) is 0 Å².